The summed E-state index contributed by atoms with van der Waals surface area (Å²) in [6.45, 7) is 2.86. The van der Waals surface area contributed by atoms with Gasteiger partial charge in [-0.2, -0.15) is 0 Å². The van der Waals surface area contributed by atoms with Crippen LogP contribution in [0.15, 0.2) is 10.9 Å². The molecular weight excluding hydrogens is 266 g/mol. The van der Waals surface area contributed by atoms with E-state index in [2.05, 4.69) is 15.6 Å². The number of aromatic nitrogens is 1. The van der Waals surface area contributed by atoms with Crippen LogP contribution >= 0.6 is 23.1 Å². The Bertz CT molecular complexity index is 350. The van der Waals surface area contributed by atoms with Crippen LogP contribution < -0.4 is 10.6 Å². The Labute approximate surface area is 116 Å². The normalized spacial score (nSPS) is 16.7. The second-order valence-electron chi connectivity index (χ2n) is 4.34. The fourth-order valence-electron chi connectivity index (χ4n) is 1.90. The van der Waals surface area contributed by atoms with Crippen LogP contribution in [-0.2, 0) is 11.2 Å². The van der Waals surface area contributed by atoms with Crippen molar-refractivity contribution in [1.82, 2.24) is 15.6 Å². The number of carbonyl (C=O) groups is 1. The zero-order valence-corrected chi connectivity index (χ0v) is 12.0. The molecule has 2 heterocycles. The van der Waals surface area contributed by atoms with E-state index in [1.165, 1.54) is 12.8 Å². The molecule has 1 amide bonds. The summed E-state index contributed by atoms with van der Waals surface area (Å²) < 4.78 is 0. The van der Waals surface area contributed by atoms with Crippen molar-refractivity contribution in [3.8, 4) is 0 Å². The highest BCUT2D eigenvalue weighted by Crippen LogP contribution is 2.19. The number of hydrogen-bond acceptors (Lipinski definition) is 5. The molecule has 2 rings (SSSR count). The molecule has 1 aliphatic heterocycles. The molecule has 0 spiro atoms. The summed E-state index contributed by atoms with van der Waals surface area (Å²) >= 11 is 3.38. The summed E-state index contributed by atoms with van der Waals surface area (Å²) in [5.74, 6) is 0.732. The lowest BCUT2D eigenvalue weighted by Gasteiger charge is -2.21. The predicted molar refractivity (Wildman–Crippen MR) is 77.2 cm³/mol. The monoisotopic (exact) mass is 285 g/mol. The van der Waals surface area contributed by atoms with E-state index in [0.717, 1.165) is 25.2 Å². The molecule has 0 aromatic carbocycles. The number of rotatable bonds is 6. The summed E-state index contributed by atoms with van der Waals surface area (Å²) in [6, 6.07) is 0. The van der Waals surface area contributed by atoms with Crippen LogP contribution in [0.5, 0.6) is 0 Å². The van der Waals surface area contributed by atoms with Gasteiger partial charge < -0.3 is 10.6 Å². The number of nitrogens with one attached hydrogen (secondary N) is 2. The molecule has 0 radical (unpaired) electrons. The van der Waals surface area contributed by atoms with E-state index in [4.69, 9.17) is 0 Å². The Kier molecular flexibility index (Phi) is 5.96. The SMILES string of the molecule is O=C(CSC1CCNCC1)NCCc1cscn1. The van der Waals surface area contributed by atoms with Crippen molar-refractivity contribution >= 4 is 29.0 Å². The smallest absolute Gasteiger partial charge is 0.230 e. The predicted octanol–water partition coefficient (Wildman–Crippen LogP) is 1.29. The van der Waals surface area contributed by atoms with Gasteiger partial charge in [0.25, 0.3) is 0 Å². The van der Waals surface area contributed by atoms with Crippen molar-refractivity contribution < 1.29 is 4.79 Å². The number of carbonyl (C=O) groups excluding carboxylic acids is 1. The lowest BCUT2D eigenvalue weighted by molar-refractivity contribution is -0.118. The average Bonchev–Trinajstić information content (AvgIpc) is 2.91. The second kappa shape index (κ2) is 7.76. The quantitative estimate of drug-likeness (QED) is 0.827. The van der Waals surface area contributed by atoms with E-state index >= 15 is 0 Å². The molecule has 1 aromatic rings. The maximum Gasteiger partial charge on any atom is 0.230 e. The molecule has 0 unspecified atom stereocenters. The largest absolute Gasteiger partial charge is 0.355 e. The van der Waals surface area contributed by atoms with Crippen molar-refractivity contribution in [1.29, 1.82) is 0 Å². The van der Waals surface area contributed by atoms with Crippen molar-refractivity contribution in [2.75, 3.05) is 25.4 Å². The third-order valence-corrected chi connectivity index (χ3v) is 4.93. The van der Waals surface area contributed by atoms with Gasteiger partial charge in [-0.05, 0) is 25.9 Å². The minimum atomic E-state index is 0.147. The summed E-state index contributed by atoms with van der Waals surface area (Å²) in [7, 11) is 0. The third-order valence-electron chi connectivity index (χ3n) is 2.92. The van der Waals surface area contributed by atoms with Gasteiger partial charge in [0.05, 0.1) is 17.0 Å². The molecule has 6 heteroatoms. The van der Waals surface area contributed by atoms with Gasteiger partial charge in [0.15, 0.2) is 0 Å². The molecule has 0 saturated carbocycles. The summed E-state index contributed by atoms with van der Waals surface area (Å²) in [5, 5.41) is 8.95. The molecule has 0 atom stereocenters. The molecule has 0 bridgehead atoms. The maximum absolute atomic E-state index is 11.6. The summed E-state index contributed by atoms with van der Waals surface area (Å²) in [4.78, 5) is 15.8. The Hall–Kier alpha value is -0.590. The van der Waals surface area contributed by atoms with Crippen molar-refractivity contribution in [3.63, 3.8) is 0 Å². The van der Waals surface area contributed by atoms with Crippen molar-refractivity contribution in [2.24, 2.45) is 0 Å². The maximum atomic E-state index is 11.6. The first-order valence-electron chi connectivity index (χ1n) is 6.30. The van der Waals surface area contributed by atoms with E-state index in [1.807, 2.05) is 10.9 Å². The molecule has 0 aliphatic carbocycles. The number of nitrogens with zero attached hydrogens (tertiary/aromatic N) is 1. The minimum absolute atomic E-state index is 0.147. The van der Waals surface area contributed by atoms with Crippen LogP contribution in [0.25, 0.3) is 0 Å². The van der Waals surface area contributed by atoms with Crippen LogP contribution in [0.3, 0.4) is 0 Å². The molecular formula is C12H19N3OS2. The molecule has 1 saturated heterocycles. The van der Waals surface area contributed by atoms with Gasteiger partial charge in [0, 0.05) is 23.6 Å². The van der Waals surface area contributed by atoms with Gasteiger partial charge in [-0.1, -0.05) is 0 Å². The standard InChI is InChI=1S/C12H19N3OS2/c16-12(8-18-11-2-4-13-5-3-11)14-6-1-10-7-17-9-15-10/h7,9,11,13H,1-6,8H2,(H,14,16). The van der Waals surface area contributed by atoms with E-state index in [1.54, 1.807) is 23.1 Å². The molecule has 1 aliphatic rings. The molecule has 18 heavy (non-hydrogen) atoms. The fourth-order valence-corrected chi connectivity index (χ4v) is 3.55. The first kappa shape index (κ1) is 13.8. The zero-order valence-electron chi connectivity index (χ0n) is 10.4. The number of hydrogen-bond donors (Lipinski definition) is 2. The van der Waals surface area contributed by atoms with Gasteiger partial charge in [-0.25, -0.2) is 4.98 Å². The Morgan fingerprint density at radius 2 is 2.39 bits per heavy atom. The number of thioether (sulfide) groups is 1. The highest BCUT2D eigenvalue weighted by molar-refractivity contribution is 8.00. The molecule has 100 valence electrons. The number of piperidine rings is 1. The van der Waals surface area contributed by atoms with Crippen LogP contribution in [0.2, 0.25) is 0 Å². The third kappa shape index (κ3) is 4.96. The number of amides is 1. The van der Waals surface area contributed by atoms with Crippen molar-refractivity contribution in [2.45, 2.75) is 24.5 Å². The van der Waals surface area contributed by atoms with E-state index < -0.39 is 0 Å². The lowest BCUT2D eigenvalue weighted by atomic mass is 10.2. The highest BCUT2D eigenvalue weighted by atomic mass is 32.2. The molecule has 1 aromatic heterocycles. The van der Waals surface area contributed by atoms with Gasteiger partial charge in [-0.3, -0.25) is 4.79 Å². The van der Waals surface area contributed by atoms with E-state index in [0.29, 0.717) is 17.5 Å². The zero-order chi connectivity index (χ0) is 12.6. The lowest BCUT2D eigenvalue weighted by Crippen LogP contribution is -2.32. The van der Waals surface area contributed by atoms with E-state index in [-0.39, 0.29) is 5.91 Å². The van der Waals surface area contributed by atoms with E-state index in [9.17, 15) is 4.79 Å². The molecule has 1 fully saturated rings. The van der Waals surface area contributed by atoms with Gasteiger partial charge in [-0.15, -0.1) is 23.1 Å². The molecule has 4 nitrogen and oxygen atoms in total. The molecule has 2 N–H and O–H groups in total. The van der Waals surface area contributed by atoms with Crippen LogP contribution in [-0.4, -0.2) is 41.5 Å². The van der Waals surface area contributed by atoms with Crippen LogP contribution in [0, 0.1) is 0 Å². The van der Waals surface area contributed by atoms with Gasteiger partial charge in [0.1, 0.15) is 0 Å². The first-order valence-corrected chi connectivity index (χ1v) is 8.30. The van der Waals surface area contributed by atoms with Gasteiger partial charge >= 0.3 is 0 Å². The summed E-state index contributed by atoms with van der Waals surface area (Å²) in [5.41, 5.74) is 2.88. The topological polar surface area (TPSA) is 54.0 Å². The van der Waals surface area contributed by atoms with Gasteiger partial charge in [0.2, 0.25) is 5.91 Å². The highest BCUT2D eigenvalue weighted by Gasteiger charge is 2.14. The van der Waals surface area contributed by atoms with Crippen LogP contribution in [0.4, 0.5) is 0 Å². The Morgan fingerprint density at radius 1 is 1.56 bits per heavy atom. The van der Waals surface area contributed by atoms with Crippen molar-refractivity contribution in [3.05, 3.63) is 16.6 Å². The fraction of sp³-hybridized carbons (Fsp3) is 0.667. The Morgan fingerprint density at radius 3 is 3.11 bits per heavy atom. The van der Waals surface area contributed by atoms with Crippen LogP contribution in [0.1, 0.15) is 18.5 Å². The second-order valence-corrected chi connectivity index (χ2v) is 6.35. The summed E-state index contributed by atoms with van der Waals surface area (Å²) in [6.07, 6.45) is 3.18. The number of thiazole rings is 1. The minimum Gasteiger partial charge on any atom is -0.355 e. The average molecular weight is 285 g/mol. The first-order chi connectivity index (χ1) is 8.84. The Balaban J connectivity index is 1.54.